The number of carbonyl (C=O) groups excluding carboxylic acids is 1. The van der Waals surface area contributed by atoms with Gasteiger partial charge in [-0.05, 0) is 32.6 Å². The van der Waals surface area contributed by atoms with Crippen LogP contribution in [0, 0.1) is 5.41 Å². The Morgan fingerprint density at radius 1 is 1.29 bits per heavy atom. The van der Waals surface area contributed by atoms with E-state index >= 15 is 0 Å². The van der Waals surface area contributed by atoms with Crippen LogP contribution < -0.4 is 10.6 Å². The molecule has 0 fully saturated rings. The molecule has 0 radical (unpaired) electrons. The maximum absolute atomic E-state index is 11.7. The van der Waals surface area contributed by atoms with Crippen molar-refractivity contribution >= 4 is 5.91 Å². The van der Waals surface area contributed by atoms with Gasteiger partial charge in [0.25, 0.3) is 0 Å². The Morgan fingerprint density at radius 3 is 2.35 bits per heavy atom. The minimum absolute atomic E-state index is 0.0579. The molecule has 1 amide bonds. The highest BCUT2D eigenvalue weighted by molar-refractivity contribution is 5.81. The Bertz CT molecular complexity index is 227. The summed E-state index contributed by atoms with van der Waals surface area (Å²) in [5.74, 6) is 0.0579. The predicted octanol–water partition coefficient (Wildman–Crippen LogP) is 1.55. The van der Waals surface area contributed by atoms with E-state index < -0.39 is 0 Å². The normalized spacial score (nSPS) is 13.8. The Balaban J connectivity index is 3.96. The van der Waals surface area contributed by atoms with Gasteiger partial charge in [0, 0.05) is 26.3 Å². The summed E-state index contributed by atoms with van der Waals surface area (Å²) < 4.78 is 5.08. The maximum Gasteiger partial charge on any atom is 0.237 e. The number of methoxy groups -OCH3 is 1. The molecule has 4 heteroatoms. The molecule has 0 spiro atoms. The zero-order chi connectivity index (χ0) is 13.5. The number of carbonyl (C=O) groups is 1. The second-order valence-corrected chi connectivity index (χ2v) is 5.67. The first kappa shape index (κ1) is 16.4. The molecule has 17 heavy (non-hydrogen) atoms. The number of rotatable bonds is 8. The number of ether oxygens (including phenoxy) is 1. The lowest BCUT2D eigenvalue weighted by Gasteiger charge is -2.27. The highest BCUT2D eigenvalue weighted by Crippen LogP contribution is 2.18. The molecular formula is C13H28N2O2. The van der Waals surface area contributed by atoms with Gasteiger partial charge in [-0.25, -0.2) is 0 Å². The van der Waals surface area contributed by atoms with Crippen LogP contribution in [0.5, 0.6) is 0 Å². The highest BCUT2D eigenvalue weighted by Gasteiger charge is 2.20. The molecule has 0 aliphatic heterocycles. The van der Waals surface area contributed by atoms with Gasteiger partial charge in [-0.3, -0.25) is 4.79 Å². The average Bonchev–Trinajstić information content (AvgIpc) is 2.22. The van der Waals surface area contributed by atoms with E-state index in [-0.39, 0.29) is 23.4 Å². The SMILES string of the molecule is COCCC(C)(C)CNC(C)C(=O)NC(C)C. The van der Waals surface area contributed by atoms with Crippen molar-refractivity contribution in [3.63, 3.8) is 0 Å². The number of nitrogens with one attached hydrogen (secondary N) is 2. The molecule has 0 bridgehead atoms. The summed E-state index contributed by atoms with van der Waals surface area (Å²) in [7, 11) is 1.71. The zero-order valence-electron chi connectivity index (χ0n) is 12.1. The van der Waals surface area contributed by atoms with Gasteiger partial charge < -0.3 is 15.4 Å². The van der Waals surface area contributed by atoms with Gasteiger partial charge in [0.05, 0.1) is 6.04 Å². The van der Waals surface area contributed by atoms with E-state index in [0.29, 0.717) is 0 Å². The Kier molecular flexibility index (Phi) is 7.39. The minimum atomic E-state index is -0.154. The lowest BCUT2D eigenvalue weighted by Crippen LogP contribution is -2.47. The molecule has 0 rings (SSSR count). The summed E-state index contributed by atoms with van der Waals surface area (Å²) in [6.07, 6.45) is 0.981. The monoisotopic (exact) mass is 244 g/mol. The van der Waals surface area contributed by atoms with Crippen LogP contribution in [0.2, 0.25) is 0 Å². The fraction of sp³-hybridized carbons (Fsp3) is 0.923. The highest BCUT2D eigenvalue weighted by atomic mass is 16.5. The molecule has 1 atom stereocenters. The van der Waals surface area contributed by atoms with Crippen molar-refractivity contribution in [2.75, 3.05) is 20.3 Å². The van der Waals surface area contributed by atoms with Crippen LogP contribution in [0.15, 0.2) is 0 Å². The summed E-state index contributed by atoms with van der Waals surface area (Å²) in [5, 5.41) is 6.17. The quantitative estimate of drug-likeness (QED) is 0.681. The first-order chi connectivity index (χ1) is 7.78. The van der Waals surface area contributed by atoms with Crippen LogP contribution in [0.4, 0.5) is 0 Å². The van der Waals surface area contributed by atoms with E-state index in [2.05, 4.69) is 24.5 Å². The van der Waals surface area contributed by atoms with Gasteiger partial charge >= 0.3 is 0 Å². The fourth-order valence-electron chi connectivity index (χ4n) is 1.40. The third-order valence-electron chi connectivity index (χ3n) is 2.69. The Morgan fingerprint density at radius 2 is 1.88 bits per heavy atom. The van der Waals surface area contributed by atoms with Crippen molar-refractivity contribution in [2.45, 2.75) is 53.1 Å². The van der Waals surface area contributed by atoms with E-state index in [0.717, 1.165) is 19.6 Å². The predicted molar refractivity (Wildman–Crippen MR) is 71.0 cm³/mol. The van der Waals surface area contributed by atoms with E-state index in [1.807, 2.05) is 20.8 Å². The van der Waals surface area contributed by atoms with Crippen molar-refractivity contribution < 1.29 is 9.53 Å². The average molecular weight is 244 g/mol. The van der Waals surface area contributed by atoms with Crippen LogP contribution in [-0.4, -0.2) is 38.3 Å². The Labute approximate surface area is 105 Å². The molecule has 0 aliphatic rings. The molecule has 0 aromatic rings. The topological polar surface area (TPSA) is 50.4 Å². The third-order valence-corrected chi connectivity index (χ3v) is 2.69. The van der Waals surface area contributed by atoms with Crippen LogP contribution >= 0.6 is 0 Å². The van der Waals surface area contributed by atoms with Gasteiger partial charge in [-0.15, -0.1) is 0 Å². The number of amides is 1. The molecule has 1 unspecified atom stereocenters. The van der Waals surface area contributed by atoms with Gasteiger partial charge in [-0.2, -0.15) is 0 Å². The van der Waals surface area contributed by atoms with Crippen molar-refractivity contribution in [3.8, 4) is 0 Å². The van der Waals surface area contributed by atoms with E-state index in [1.54, 1.807) is 7.11 Å². The van der Waals surface area contributed by atoms with E-state index in [9.17, 15) is 4.79 Å². The minimum Gasteiger partial charge on any atom is -0.385 e. The molecule has 0 aromatic carbocycles. The summed E-state index contributed by atoms with van der Waals surface area (Å²) in [6, 6.07) is 0.0347. The summed E-state index contributed by atoms with van der Waals surface area (Å²) >= 11 is 0. The second-order valence-electron chi connectivity index (χ2n) is 5.67. The second kappa shape index (κ2) is 7.67. The number of hydrogen-bond donors (Lipinski definition) is 2. The van der Waals surface area contributed by atoms with Crippen LogP contribution in [-0.2, 0) is 9.53 Å². The number of hydrogen-bond acceptors (Lipinski definition) is 3. The van der Waals surface area contributed by atoms with E-state index in [1.165, 1.54) is 0 Å². The fourth-order valence-corrected chi connectivity index (χ4v) is 1.40. The molecular weight excluding hydrogens is 216 g/mol. The molecule has 0 saturated carbocycles. The summed E-state index contributed by atoms with van der Waals surface area (Å²) in [4.78, 5) is 11.7. The van der Waals surface area contributed by atoms with Gasteiger partial charge in [-0.1, -0.05) is 13.8 Å². The van der Waals surface area contributed by atoms with Gasteiger partial charge in [0.15, 0.2) is 0 Å². The van der Waals surface area contributed by atoms with Crippen LogP contribution in [0.1, 0.15) is 41.0 Å². The molecule has 102 valence electrons. The lowest BCUT2D eigenvalue weighted by molar-refractivity contribution is -0.123. The van der Waals surface area contributed by atoms with Gasteiger partial charge in [0.2, 0.25) is 5.91 Å². The van der Waals surface area contributed by atoms with E-state index in [4.69, 9.17) is 4.74 Å². The van der Waals surface area contributed by atoms with Crippen LogP contribution in [0.3, 0.4) is 0 Å². The smallest absolute Gasteiger partial charge is 0.237 e. The van der Waals surface area contributed by atoms with Crippen molar-refractivity contribution in [2.24, 2.45) is 5.41 Å². The molecule has 0 saturated heterocycles. The first-order valence-corrected chi connectivity index (χ1v) is 6.31. The Hall–Kier alpha value is -0.610. The van der Waals surface area contributed by atoms with Crippen molar-refractivity contribution in [1.29, 1.82) is 0 Å². The molecule has 0 aromatic heterocycles. The standard InChI is InChI=1S/C13H28N2O2/c1-10(2)15-12(16)11(3)14-9-13(4,5)7-8-17-6/h10-11,14H,7-9H2,1-6H3,(H,15,16). The largest absolute Gasteiger partial charge is 0.385 e. The summed E-state index contributed by atoms with van der Waals surface area (Å²) in [6.45, 7) is 11.7. The van der Waals surface area contributed by atoms with Gasteiger partial charge in [0.1, 0.15) is 0 Å². The first-order valence-electron chi connectivity index (χ1n) is 6.31. The van der Waals surface area contributed by atoms with Crippen LogP contribution in [0.25, 0.3) is 0 Å². The molecule has 4 nitrogen and oxygen atoms in total. The molecule has 0 aliphatic carbocycles. The maximum atomic E-state index is 11.7. The summed E-state index contributed by atoms with van der Waals surface area (Å²) in [5.41, 5.74) is 0.141. The zero-order valence-corrected chi connectivity index (χ0v) is 12.1. The third kappa shape index (κ3) is 8.16. The van der Waals surface area contributed by atoms with Crippen molar-refractivity contribution in [1.82, 2.24) is 10.6 Å². The lowest BCUT2D eigenvalue weighted by atomic mass is 9.89. The van der Waals surface area contributed by atoms with Crippen molar-refractivity contribution in [3.05, 3.63) is 0 Å². The molecule has 0 heterocycles. The molecule has 2 N–H and O–H groups in total.